The van der Waals surface area contributed by atoms with Crippen molar-refractivity contribution in [3.8, 4) is 6.07 Å². The quantitative estimate of drug-likeness (QED) is 0.769. The Balaban J connectivity index is 2.43. The molecule has 0 fully saturated rings. The number of nitriles is 1. The number of benzene rings is 2. The zero-order valence-corrected chi connectivity index (χ0v) is 12.1. The number of nitrogens with one attached hydrogen (secondary N) is 1. The van der Waals surface area contributed by atoms with E-state index in [0.29, 0.717) is 15.8 Å². The first-order chi connectivity index (χ1) is 9.81. The van der Waals surface area contributed by atoms with E-state index in [4.69, 9.17) is 11.0 Å². The molecule has 0 heterocycles. The molecule has 0 aliphatic heterocycles. The predicted octanol–water partition coefficient (Wildman–Crippen LogP) is 4.67. The average Bonchev–Trinajstić information content (AvgIpc) is 2.41. The van der Waals surface area contributed by atoms with Gasteiger partial charge in [-0.1, -0.05) is 0 Å². The number of nitrogens with zero attached hydrogens (tertiary/aromatic N) is 1. The van der Waals surface area contributed by atoms with E-state index in [1.807, 2.05) is 6.07 Å². The minimum absolute atomic E-state index is 0.214. The summed E-state index contributed by atoms with van der Waals surface area (Å²) >= 11 is 3.18. The fraction of sp³-hybridized carbons (Fsp3) is 0.0714. The second kappa shape index (κ2) is 5.66. The van der Waals surface area contributed by atoms with Crippen LogP contribution in [0.3, 0.4) is 0 Å². The molecule has 21 heavy (non-hydrogen) atoms. The van der Waals surface area contributed by atoms with Crippen molar-refractivity contribution in [3.05, 3.63) is 52.0 Å². The van der Waals surface area contributed by atoms with Crippen molar-refractivity contribution in [1.29, 1.82) is 5.26 Å². The molecule has 2 aromatic carbocycles. The second-order valence-corrected chi connectivity index (χ2v) is 5.09. The Morgan fingerprint density at radius 3 is 2.43 bits per heavy atom. The number of halogens is 4. The van der Waals surface area contributed by atoms with Crippen LogP contribution in [0.4, 0.5) is 30.2 Å². The van der Waals surface area contributed by atoms with Crippen molar-refractivity contribution in [2.45, 2.75) is 6.18 Å². The molecule has 0 unspecified atom stereocenters. The van der Waals surface area contributed by atoms with Gasteiger partial charge in [0.05, 0.1) is 22.5 Å². The molecule has 0 bridgehead atoms. The number of alkyl halides is 3. The lowest BCUT2D eigenvalue weighted by molar-refractivity contribution is -0.137. The van der Waals surface area contributed by atoms with Crippen LogP contribution in [0.25, 0.3) is 0 Å². The highest BCUT2D eigenvalue weighted by molar-refractivity contribution is 9.10. The van der Waals surface area contributed by atoms with Crippen LogP contribution in [0, 0.1) is 11.3 Å². The van der Waals surface area contributed by atoms with Crippen LogP contribution in [0.15, 0.2) is 40.9 Å². The van der Waals surface area contributed by atoms with Crippen LogP contribution >= 0.6 is 15.9 Å². The lowest BCUT2D eigenvalue weighted by atomic mass is 10.1. The van der Waals surface area contributed by atoms with Crippen LogP contribution in [0.2, 0.25) is 0 Å². The molecule has 0 saturated heterocycles. The summed E-state index contributed by atoms with van der Waals surface area (Å²) in [5.41, 5.74) is 6.04. The minimum atomic E-state index is -4.43. The highest BCUT2D eigenvalue weighted by atomic mass is 79.9. The molecule has 7 heteroatoms. The summed E-state index contributed by atoms with van der Waals surface area (Å²) in [7, 11) is 0. The normalized spacial score (nSPS) is 11.0. The van der Waals surface area contributed by atoms with E-state index in [1.165, 1.54) is 12.1 Å². The Labute approximate surface area is 127 Å². The Kier molecular flexibility index (Phi) is 4.09. The topological polar surface area (TPSA) is 61.8 Å². The third kappa shape index (κ3) is 3.47. The molecule has 3 nitrogen and oxygen atoms in total. The zero-order valence-electron chi connectivity index (χ0n) is 10.5. The van der Waals surface area contributed by atoms with E-state index < -0.39 is 11.7 Å². The maximum atomic E-state index is 12.7. The smallest absolute Gasteiger partial charge is 0.399 e. The Bertz CT molecular complexity index is 720. The van der Waals surface area contributed by atoms with Crippen molar-refractivity contribution in [2.24, 2.45) is 0 Å². The van der Waals surface area contributed by atoms with Crippen molar-refractivity contribution in [2.75, 3.05) is 11.1 Å². The molecule has 0 radical (unpaired) electrons. The van der Waals surface area contributed by atoms with Crippen molar-refractivity contribution in [3.63, 3.8) is 0 Å². The number of nitrogen functional groups attached to an aromatic ring is 1. The van der Waals surface area contributed by atoms with Gasteiger partial charge >= 0.3 is 6.18 Å². The third-order valence-electron chi connectivity index (χ3n) is 2.73. The average molecular weight is 356 g/mol. The third-order valence-corrected chi connectivity index (χ3v) is 3.42. The summed E-state index contributed by atoms with van der Waals surface area (Å²) in [4.78, 5) is 0. The molecular weight excluding hydrogens is 347 g/mol. The molecule has 0 aliphatic rings. The molecule has 2 aromatic rings. The van der Waals surface area contributed by atoms with Gasteiger partial charge < -0.3 is 11.1 Å². The van der Waals surface area contributed by atoms with Crippen LogP contribution in [-0.2, 0) is 6.18 Å². The maximum absolute atomic E-state index is 12.7. The summed E-state index contributed by atoms with van der Waals surface area (Å²) in [6, 6.07) is 9.74. The van der Waals surface area contributed by atoms with Gasteiger partial charge in [0.25, 0.3) is 0 Å². The summed E-state index contributed by atoms with van der Waals surface area (Å²) in [6.07, 6.45) is -4.43. The highest BCUT2D eigenvalue weighted by Gasteiger charge is 2.30. The lowest BCUT2D eigenvalue weighted by Crippen LogP contribution is -2.06. The summed E-state index contributed by atoms with van der Waals surface area (Å²) in [6.45, 7) is 0. The van der Waals surface area contributed by atoms with Gasteiger partial charge in [-0.2, -0.15) is 18.4 Å². The molecule has 0 atom stereocenters. The Hall–Kier alpha value is -2.20. The summed E-state index contributed by atoms with van der Waals surface area (Å²) in [5.74, 6) is 0. The van der Waals surface area contributed by atoms with Gasteiger partial charge in [0.15, 0.2) is 0 Å². The van der Waals surface area contributed by atoms with Gasteiger partial charge in [-0.15, -0.1) is 0 Å². The van der Waals surface area contributed by atoms with E-state index in [1.54, 1.807) is 12.1 Å². The van der Waals surface area contributed by atoms with Crippen molar-refractivity contribution < 1.29 is 13.2 Å². The zero-order chi connectivity index (χ0) is 15.6. The maximum Gasteiger partial charge on any atom is 0.416 e. The predicted molar refractivity (Wildman–Crippen MR) is 78.0 cm³/mol. The van der Waals surface area contributed by atoms with Crippen molar-refractivity contribution in [1.82, 2.24) is 0 Å². The number of nitrogens with two attached hydrogens (primary N) is 1. The molecule has 0 aliphatic carbocycles. The van der Waals surface area contributed by atoms with Gasteiger partial charge in [0.1, 0.15) is 6.07 Å². The molecule has 0 amide bonds. The standard InChI is InChI=1S/C14H9BrF3N3/c15-11-3-1-9(14(16,17)18)6-13(11)21-12-4-2-10(20)5-8(12)7-19/h1-6,21H,20H2. The van der Waals surface area contributed by atoms with Crippen LogP contribution in [-0.4, -0.2) is 0 Å². The van der Waals surface area contributed by atoms with E-state index in [0.717, 1.165) is 12.1 Å². The molecule has 3 N–H and O–H groups in total. The summed E-state index contributed by atoms with van der Waals surface area (Å²) in [5, 5.41) is 11.8. The first-order valence-corrected chi connectivity index (χ1v) is 6.54. The first kappa shape index (κ1) is 15.2. The monoisotopic (exact) mass is 355 g/mol. The fourth-order valence-electron chi connectivity index (χ4n) is 1.71. The number of anilines is 3. The molecule has 0 saturated carbocycles. The van der Waals surface area contributed by atoms with E-state index in [-0.39, 0.29) is 11.3 Å². The molecule has 108 valence electrons. The molecule has 2 rings (SSSR count). The largest absolute Gasteiger partial charge is 0.416 e. The van der Waals surface area contributed by atoms with E-state index in [9.17, 15) is 13.2 Å². The lowest BCUT2D eigenvalue weighted by Gasteiger charge is -2.13. The van der Waals surface area contributed by atoms with Gasteiger partial charge in [-0.05, 0) is 52.3 Å². The molecule has 0 aromatic heterocycles. The van der Waals surface area contributed by atoms with Crippen LogP contribution < -0.4 is 11.1 Å². The highest BCUT2D eigenvalue weighted by Crippen LogP contribution is 2.35. The number of rotatable bonds is 2. The summed E-state index contributed by atoms with van der Waals surface area (Å²) < 4.78 is 38.6. The second-order valence-electron chi connectivity index (χ2n) is 4.23. The van der Waals surface area contributed by atoms with Crippen molar-refractivity contribution >= 4 is 33.0 Å². The SMILES string of the molecule is N#Cc1cc(N)ccc1Nc1cc(C(F)(F)F)ccc1Br. The fourth-order valence-corrected chi connectivity index (χ4v) is 2.05. The Morgan fingerprint density at radius 2 is 1.81 bits per heavy atom. The van der Waals surface area contributed by atoms with Gasteiger partial charge in [0, 0.05) is 10.2 Å². The number of hydrogen-bond acceptors (Lipinski definition) is 3. The van der Waals surface area contributed by atoms with Gasteiger partial charge in [-0.25, -0.2) is 0 Å². The van der Waals surface area contributed by atoms with Crippen LogP contribution in [0.5, 0.6) is 0 Å². The molecule has 0 spiro atoms. The minimum Gasteiger partial charge on any atom is -0.399 e. The van der Waals surface area contributed by atoms with Gasteiger partial charge in [-0.3, -0.25) is 0 Å². The van der Waals surface area contributed by atoms with E-state index >= 15 is 0 Å². The van der Waals surface area contributed by atoms with E-state index in [2.05, 4.69) is 21.2 Å². The Morgan fingerprint density at radius 1 is 1.10 bits per heavy atom. The van der Waals surface area contributed by atoms with Crippen LogP contribution in [0.1, 0.15) is 11.1 Å². The number of hydrogen-bond donors (Lipinski definition) is 2. The van der Waals surface area contributed by atoms with Gasteiger partial charge in [0.2, 0.25) is 0 Å². The molecular formula is C14H9BrF3N3. The first-order valence-electron chi connectivity index (χ1n) is 5.74.